The van der Waals surface area contributed by atoms with Crippen LogP contribution in [0.1, 0.15) is 28.4 Å². The van der Waals surface area contributed by atoms with Crippen molar-refractivity contribution in [3.8, 4) is 0 Å². The Balaban J connectivity index is 1.90. The molecule has 128 valence electrons. The van der Waals surface area contributed by atoms with Gasteiger partial charge in [0.05, 0.1) is 5.56 Å². The molecule has 3 aromatic rings. The van der Waals surface area contributed by atoms with Crippen molar-refractivity contribution >= 4 is 40.1 Å². The van der Waals surface area contributed by atoms with Crippen LogP contribution in [0.25, 0.3) is 11.0 Å². The number of pyridine rings is 1. The fraction of sp³-hybridized carbons (Fsp3) is 0.167. The molecule has 0 saturated heterocycles. The second-order valence-electron chi connectivity index (χ2n) is 5.33. The van der Waals surface area contributed by atoms with Gasteiger partial charge in [-0.05, 0) is 36.2 Å². The second kappa shape index (κ2) is 7.25. The highest BCUT2D eigenvalue weighted by Crippen LogP contribution is 2.26. The molecule has 0 saturated carbocycles. The van der Waals surface area contributed by atoms with Crippen LogP contribution in [0.4, 0.5) is 0 Å². The summed E-state index contributed by atoms with van der Waals surface area (Å²) >= 11 is 11.9. The van der Waals surface area contributed by atoms with Gasteiger partial charge in [0.1, 0.15) is 17.3 Å². The van der Waals surface area contributed by atoms with Crippen LogP contribution < -0.4 is 5.63 Å². The Morgan fingerprint density at radius 1 is 1.20 bits per heavy atom. The minimum atomic E-state index is -0.568. The SMILES string of the molecule is CCc1cc2oc(=O)cc(COC(=O)c3ccc(Cl)nc3)c2cc1Cl. The molecular formula is C18H13Cl2NO4. The molecule has 0 atom stereocenters. The zero-order valence-electron chi connectivity index (χ0n) is 13.2. The number of esters is 1. The zero-order chi connectivity index (χ0) is 18.0. The lowest BCUT2D eigenvalue weighted by molar-refractivity contribution is 0.0473. The number of rotatable bonds is 4. The number of nitrogens with zero attached hydrogens (tertiary/aromatic N) is 1. The van der Waals surface area contributed by atoms with Gasteiger partial charge in [-0.1, -0.05) is 30.1 Å². The third-order valence-electron chi connectivity index (χ3n) is 3.70. The first-order chi connectivity index (χ1) is 12.0. The number of aromatic nitrogens is 1. The summed E-state index contributed by atoms with van der Waals surface area (Å²) in [4.78, 5) is 27.7. The smallest absolute Gasteiger partial charge is 0.340 e. The van der Waals surface area contributed by atoms with Crippen molar-refractivity contribution in [2.24, 2.45) is 0 Å². The minimum absolute atomic E-state index is 0.0919. The maximum atomic E-state index is 12.1. The summed E-state index contributed by atoms with van der Waals surface area (Å²) in [7, 11) is 0. The predicted octanol–water partition coefficient (Wildman–Crippen LogP) is 4.41. The molecule has 3 rings (SSSR count). The molecule has 2 heterocycles. The Bertz CT molecular complexity index is 996. The summed E-state index contributed by atoms with van der Waals surface area (Å²) in [6, 6.07) is 7.74. The zero-order valence-corrected chi connectivity index (χ0v) is 14.7. The van der Waals surface area contributed by atoms with E-state index < -0.39 is 11.6 Å². The van der Waals surface area contributed by atoms with Crippen LogP contribution in [0.15, 0.2) is 45.7 Å². The van der Waals surface area contributed by atoms with Gasteiger partial charge in [0.25, 0.3) is 0 Å². The largest absolute Gasteiger partial charge is 0.457 e. The van der Waals surface area contributed by atoms with Crippen molar-refractivity contribution in [3.05, 3.63) is 73.8 Å². The molecule has 0 aliphatic rings. The molecule has 0 fully saturated rings. The van der Waals surface area contributed by atoms with E-state index in [4.69, 9.17) is 32.4 Å². The number of hydrogen-bond acceptors (Lipinski definition) is 5. The van der Waals surface area contributed by atoms with Gasteiger partial charge in [-0.15, -0.1) is 0 Å². The fourth-order valence-corrected chi connectivity index (χ4v) is 2.81. The van der Waals surface area contributed by atoms with Gasteiger partial charge in [0, 0.05) is 28.2 Å². The van der Waals surface area contributed by atoms with Gasteiger partial charge >= 0.3 is 11.6 Å². The summed E-state index contributed by atoms with van der Waals surface area (Å²) in [5.41, 5.74) is 1.55. The summed E-state index contributed by atoms with van der Waals surface area (Å²) in [6.07, 6.45) is 2.04. The van der Waals surface area contributed by atoms with E-state index in [-0.39, 0.29) is 17.3 Å². The third-order valence-corrected chi connectivity index (χ3v) is 4.28. The maximum absolute atomic E-state index is 12.1. The molecule has 0 bridgehead atoms. The predicted molar refractivity (Wildman–Crippen MR) is 95.2 cm³/mol. The fourth-order valence-electron chi connectivity index (χ4n) is 2.40. The van der Waals surface area contributed by atoms with Crippen LogP contribution in [0.3, 0.4) is 0 Å². The van der Waals surface area contributed by atoms with Crippen molar-refractivity contribution in [3.63, 3.8) is 0 Å². The average Bonchev–Trinajstić information content (AvgIpc) is 2.60. The number of halogens is 2. The van der Waals surface area contributed by atoms with Gasteiger partial charge in [0.15, 0.2) is 0 Å². The van der Waals surface area contributed by atoms with Gasteiger partial charge in [-0.2, -0.15) is 0 Å². The first-order valence-electron chi connectivity index (χ1n) is 7.51. The van der Waals surface area contributed by atoms with E-state index in [1.165, 1.54) is 24.4 Å². The van der Waals surface area contributed by atoms with E-state index in [1.807, 2.05) is 6.92 Å². The molecular weight excluding hydrogens is 365 g/mol. The third kappa shape index (κ3) is 3.83. The molecule has 0 radical (unpaired) electrons. The van der Waals surface area contributed by atoms with Crippen molar-refractivity contribution in [1.82, 2.24) is 4.98 Å². The van der Waals surface area contributed by atoms with Gasteiger partial charge in [-0.3, -0.25) is 0 Å². The molecule has 0 aliphatic heterocycles. The molecule has 0 N–H and O–H groups in total. The number of benzene rings is 1. The number of carbonyl (C=O) groups excluding carboxylic acids is 1. The van der Waals surface area contributed by atoms with E-state index >= 15 is 0 Å². The quantitative estimate of drug-likeness (QED) is 0.382. The Morgan fingerprint density at radius 2 is 2.00 bits per heavy atom. The number of aryl methyl sites for hydroxylation is 1. The van der Waals surface area contributed by atoms with Crippen molar-refractivity contribution in [2.45, 2.75) is 20.0 Å². The summed E-state index contributed by atoms with van der Waals surface area (Å²) in [5, 5.41) is 1.48. The molecule has 0 aliphatic carbocycles. The second-order valence-corrected chi connectivity index (χ2v) is 6.12. The highest BCUT2D eigenvalue weighted by Gasteiger charge is 2.13. The lowest BCUT2D eigenvalue weighted by Gasteiger charge is -2.09. The molecule has 0 unspecified atom stereocenters. The van der Waals surface area contributed by atoms with Crippen LogP contribution >= 0.6 is 23.2 Å². The van der Waals surface area contributed by atoms with Crippen LogP contribution in [0.5, 0.6) is 0 Å². The molecule has 1 aromatic carbocycles. The van der Waals surface area contributed by atoms with Crippen molar-refractivity contribution in [2.75, 3.05) is 0 Å². The summed E-state index contributed by atoms with van der Waals surface area (Å²) in [5.74, 6) is -0.568. The maximum Gasteiger partial charge on any atom is 0.340 e. The van der Waals surface area contributed by atoms with Crippen LogP contribution in [0, 0.1) is 0 Å². The molecule has 7 heteroatoms. The van der Waals surface area contributed by atoms with Crippen molar-refractivity contribution in [1.29, 1.82) is 0 Å². The molecule has 0 amide bonds. The average molecular weight is 378 g/mol. The van der Waals surface area contributed by atoms with Crippen molar-refractivity contribution < 1.29 is 13.9 Å². The summed E-state index contributed by atoms with van der Waals surface area (Å²) < 4.78 is 10.5. The van der Waals surface area contributed by atoms with E-state index in [9.17, 15) is 9.59 Å². The van der Waals surface area contributed by atoms with E-state index in [0.717, 1.165) is 5.56 Å². The van der Waals surface area contributed by atoms with E-state index in [1.54, 1.807) is 12.1 Å². The Hall–Kier alpha value is -2.37. The number of fused-ring (bicyclic) bond motifs is 1. The number of ether oxygens (including phenoxy) is 1. The molecule has 5 nitrogen and oxygen atoms in total. The van der Waals surface area contributed by atoms with E-state index in [2.05, 4.69) is 4.98 Å². The van der Waals surface area contributed by atoms with Crippen LogP contribution in [-0.2, 0) is 17.8 Å². The van der Waals surface area contributed by atoms with Gasteiger partial charge in [0.2, 0.25) is 0 Å². The number of carbonyl (C=O) groups is 1. The molecule has 2 aromatic heterocycles. The van der Waals surface area contributed by atoms with E-state index in [0.29, 0.717) is 28.0 Å². The first kappa shape index (κ1) is 17.5. The Kier molecular flexibility index (Phi) is 5.06. The van der Waals surface area contributed by atoms with Gasteiger partial charge < -0.3 is 9.15 Å². The normalized spacial score (nSPS) is 10.8. The standard InChI is InChI=1S/C18H13Cl2NO4/c1-2-10-5-15-13(7-14(10)19)12(6-17(22)25-15)9-24-18(23)11-3-4-16(20)21-8-11/h3-8H,2,9H2,1H3. The van der Waals surface area contributed by atoms with Gasteiger partial charge in [-0.25, -0.2) is 14.6 Å². The highest BCUT2D eigenvalue weighted by atomic mass is 35.5. The van der Waals surface area contributed by atoms with Crippen LogP contribution in [-0.4, -0.2) is 11.0 Å². The summed E-state index contributed by atoms with van der Waals surface area (Å²) in [6.45, 7) is 1.86. The molecule has 25 heavy (non-hydrogen) atoms. The monoisotopic (exact) mass is 377 g/mol. The lowest BCUT2D eigenvalue weighted by Crippen LogP contribution is -2.08. The highest BCUT2D eigenvalue weighted by molar-refractivity contribution is 6.32. The Labute approximate surface area is 153 Å². The number of hydrogen-bond donors (Lipinski definition) is 0. The Morgan fingerprint density at radius 3 is 2.68 bits per heavy atom. The van der Waals surface area contributed by atoms with Crippen LogP contribution in [0.2, 0.25) is 10.2 Å². The molecule has 0 spiro atoms. The topological polar surface area (TPSA) is 69.4 Å². The lowest BCUT2D eigenvalue weighted by atomic mass is 10.1. The minimum Gasteiger partial charge on any atom is -0.457 e. The first-order valence-corrected chi connectivity index (χ1v) is 8.27.